The van der Waals surface area contributed by atoms with Crippen LogP contribution >= 0.6 is 0 Å². The summed E-state index contributed by atoms with van der Waals surface area (Å²) in [6.07, 6.45) is 5.45. The highest BCUT2D eigenvalue weighted by Crippen LogP contribution is 2.17. The molecule has 0 unspecified atom stereocenters. The summed E-state index contributed by atoms with van der Waals surface area (Å²) in [5, 5.41) is 13.4. The number of hydrogen-bond acceptors (Lipinski definition) is 3. The molecule has 0 bridgehead atoms. The lowest BCUT2D eigenvalue weighted by Gasteiger charge is -2.08. The molecule has 0 N–H and O–H groups in total. The van der Waals surface area contributed by atoms with Crippen molar-refractivity contribution >= 4 is 0 Å². The lowest BCUT2D eigenvalue weighted by molar-refractivity contribution is 0.664. The fourth-order valence-corrected chi connectivity index (χ4v) is 1.91. The first-order valence-electron chi connectivity index (χ1n) is 5.62. The first-order valence-corrected chi connectivity index (χ1v) is 5.62. The summed E-state index contributed by atoms with van der Waals surface area (Å²) in [5.74, 6) is 0. The van der Waals surface area contributed by atoms with Crippen LogP contribution in [0.4, 0.5) is 0 Å². The van der Waals surface area contributed by atoms with Crippen molar-refractivity contribution in [2.45, 2.75) is 6.54 Å². The van der Waals surface area contributed by atoms with E-state index in [9.17, 15) is 0 Å². The van der Waals surface area contributed by atoms with Crippen LogP contribution in [0.15, 0.2) is 48.9 Å². The summed E-state index contributed by atoms with van der Waals surface area (Å²) < 4.78 is 1.80. The second-order valence-corrected chi connectivity index (χ2v) is 4.03. The summed E-state index contributed by atoms with van der Waals surface area (Å²) in [7, 11) is 0. The predicted octanol–water partition coefficient (Wildman–Crippen LogP) is 2.30. The van der Waals surface area contributed by atoms with Gasteiger partial charge in [-0.1, -0.05) is 18.2 Å². The summed E-state index contributed by atoms with van der Waals surface area (Å²) in [4.78, 5) is 4.24. The third-order valence-electron chi connectivity index (χ3n) is 2.85. The minimum absolute atomic E-state index is 0.576. The number of hydrogen-bond donors (Lipinski definition) is 0. The van der Waals surface area contributed by atoms with Crippen LogP contribution in [0.5, 0.6) is 0 Å². The Labute approximate surface area is 104 Å². The molecule has 1 aromatic rings. The van der Waals surface area contributed by atoms with Crippen LogP contribution in [0.25, 0.3) is 11.3 Å². The van der Waals surface area contributed by atoms with Crippen LogP contribution in [0, 0.1) is 11.3 Å². The number of rotatable bonds is 2. The van der Waals surface area contributed by atoms with Crippen molar-refractivity contribution in [3.05, 3.63) is 60.0 Å². The fourth-order valence-electron chi connectivity index (χ4n) is 1.91. The highest BCUT2D eigenvalue weighted by atomic mass is 15.3. The normalized spacial score (nSPS) is 10.4. The molecular weight excluding hydrogens is 224 g/mol. The Balaban J connectivity index is 1.97. The van der Waals surface area contributed by atoms with Gasteiger partial charge >= 0.3 is 0 Å². The average molecular weight is 234 g/mol. The molecular formula is C14H10N4. The van der Waals surface area contributed by atoms with Crippen LogP contribution < -0.4 is 0 Å². The van der Waals surface area contributed by atoms with E-state index in [1.807, 2.05) is 36.5 Å². The van der Waals surface area contributed by atoms with Crippen LogP contribution in [-0.4, -0.2) is 14.8 Å². The van der Waals surface area contributed by atoms with Crippen molar-refractivity contribution in [1.29, 1.82) is 5.26 Å². The molecule has 0 radical (unpaired) electrons. The monoisotopic (exact) mass is 234 g/mol. The minimum Gasteiger partial charge on any atom is -0.266 e. The van der Waals surface area contributed by atoms with Crippen molar-refractivity contribution in [3.8, 4) is 17.3 Å². The lowest BCUT2D eigenvalue weighted by Crippen LogP contribution is -2.06. The zero-order valence-corrected chi connectivity index (χ0v) is 9.61. The van der Waals surface area contributed by atoms with E-state index in [2.05, 4.69) is 16.2 Å². The van der Waals surface area contributed by atoms with E-state index < -0.39 is 0 Å². The summed E-state index contributed by atoms with van der Waals surface area (Å²) in [6.45, 7) is 0.576. The molecule has 86 valence electrons. The van der Waals surface area contributed by atoms with Gasteiger partial charge in [0.25, 0.3) is 0 Å². The molecule has 0 atom stereocenters. The fraction of sp³-hybridized carbons (Fsp3) is 0.0714. The standard InChI is InChI=1S/C14H10N4/c15-7-11-3-1-2-4-13(11)9-18-10-14-12(8-17-18)5-6-16-14/h1-6,8,10H,9H2. The molecule has 2 heterocycles. The molecule has 4 heteroatoms. The molecule has 0 aliphatic carbocycles. The van der Waals surface area contributed by atoms with E-state index in [1.54, 1.807) is 17.1 Å². The van der Waals surface area contributed by atoms with Gasteiger partial charge in [-0.2, -0.15) is 10.4 Å². The van der Waals surface area contributed by atoms with Gasteiger partial charge in [-0.05, 0) is 17.7 Å². The van der Waals surface area contributed by atoms with E-state index in [4.69, 9.17) is 5.26 Å². The summed E-state index contributed by atoms with van der Waals surface area (Å²) >= 11 is 0. The molecule has 0 amide bonds. The first-order chi connectivity index (χ1) is 8.86. The molecule has 18 heavy (non-hydrogen) atoms. The second kappa shape index (κ2) is 4.30. The molecule has 0 saturated heterocycles. The second-order valence-electron chi connectivity index (χ2n) is 4.03. The van der Waals surface area contributed by atoms with Crippen LogP contribution in [0.1, 0.15) is 11.1 Å². The minimum atomic E-state index is 0.576. The Bertz CT molecular complexity index is 693. The van der Waals surface area contributed by atoms with Gasteiger partial charge in [0.15, 0.2) is 0 Å². The number of nitrogens with zero attached hydrogens (tertiary/aromatic N) is 4. The molecule has 0 fully saturated rings. The zero-order chi connectivity index (χ0) is 12.4. The Hall–Kier alpha value is -2.67. The Kier molecular flexibility index (Phi) is 2.50. The van der Waals surface area contributed by atoms with Gasteiger partial charge in [0.1, 0.15) is 0 Å². The molecule has 0 spiro atoms. The van der Waals surface area contributed by atoms with E-state index in [1.165, 1.54) is 0 Å². The van der Waals surface area contributed by atoms with E-state index in [0.717, 1.165) is 16.8 Å². The van der Waals surface area contributed by atoms with Crippen LogP contribution in [0.2, 0.25) is 0 Å². The van der Waals surface area contributed by atoms with Crippen molar-refractivity contribution in [3.63, 3.8) is 0 Å². The molecule has 2 aliphatic heterocycles. The first kappa shape index (κ1) is 10.5. The topological polar surface area (TPSA) is 54.5 Å². The number of fused-ring (bicyclic) bond motifs is 1. The van der Waals surface area contributed by atoms with Crippen molar-refractivity contribution in [1.82, 2.24) is 14.8 Å². The molecule has 0 aromatic heterocycles. The quantitative estimate of drug-likeness (QED) is 0.683. The van der Waals surface area contributed by atoms with Gasteiger partial charge in [-0.25, -0.2) is 0 Å². The van der Waals surface area contributed by atoms with Gasteiger partial charge in [-0.15, -0.1) is 0 Å². The maximum absolute atomic E-state index is 9.04. The number of aromatic nitrogens is 3. The largest absolute Gasteiger partial charge is 0.266 e. The smallest absolute Gasteiger partial charge is 0.0995 e. The number of nitriles is 1. The van der Waals surface area contributed by atoms with Crippen LogP contribution in [-0.2, 0) is 6.54 Å². The molecule has 1 aromatic carbocycles. The lowest BCUT2D eigenvalue weighted by atomic mass is 10.1. The van der Waals surface area contributed by atoms with Gasteiger partial charge in [0, 0.05) is 18.0 Å². The highest BCUT2D eigenvalue weighted by Gasteiger charge is 2.06. The van der Waals surface area contributed by atoms with Gasteiger partial charge in [-0.3, -0.25) is 9.67 Å². The third-order valence-corrected chi connectivity index (χ3v) is 2.85. The SMILES string of the molecule is N#Cc1ccccc1Cn1cc2nccc-2cn1. The van der Waals surface area contributed by atoms with Gasteiger partial charge in [0.05, 0.1) is 30.1 Å². The van der Waals surface area contributed by atoms with Crippen molar-refractivity contribution in [2.24, 2.45) is 0 Å². The Morgan fingerprint density at radius 3 is 3.00 bits per heavy atom. The third kappa shape index (κ3) is 1.82. The van der Waals surface area contributed by atoms with Gasteiger partial charge < -0.3 is 0 Å². The molecule has 2 aliphatic rings. The molecule has 3 rings (SSSR count). The maximum Gasteiger partial charge on any atom is 0.0995 e. The van der Waals surface area contributed by atoms with E-state index in [-0.39, 0.29) is 0 Å². The van der Waals surface area contributed by atoms with Crippen molar-refractivity contribution < 1.29 is 0 Å². The average Bonchev–Trinajstić information content (AvgIpc) is 2.87. The Morgan fingerprint density at radius 2 is 2.11 bits per heavy atom. The predicted molar refractivity (Wildman–Crippen MR) is 66.9 cm³/mol. The van der Waals surface area contributed by atoms with Crippen molar-refractivity contribution in [2.75, 3.05) is 0 Å². The maximum atomic E-state index is 9.04. The Morgan fingerprint density at radius 1 is 1.22 bits per heavy atom. The molecule has 0 saturated carbocycles. The molecule has 4 nitrogen and oxygen atoms in total. The van der Waals surface area contributed by atoms with Crippen LogP contribution in [0.3, 0.4) is 0 Å². The summed E-state index contributed by atoms with van der Waals surface area (Å²) in [6, 6.07) is 11.7. The number of benzene rings is 1. The zero-order valence-electron chi connectivity index (χ0n) is 9.61. The van der Waals surface area contributed by atoms with Gasteiger partial charge in [0.2, 0.25) is 0 Å². The van der Waals surface area contributed by atoms with E-state index in [0.29, 0.717) is 12.1 Å². The summed E-state index contributed by atoms with van der Waals surface area (Å²) in [5.41, 5.74) is 3.59. The van der Waals surface area contributed by atoms with E-state index >= 15 is 0 Å². The highest BCUT2D eigenvalue weighted by molar-refractivity contribution is 5.58.